The summed E-state index contributed by atoms with van der Waals surface area (Å²) in [4.78, 5) is 23.5. The van der Waals surface area contributed by atoms with Gasteiger partial charge in [0, 0.05) is 24.4 Å². The molecule has 0 aliphatic carbocycles. The van der Waals surface area contributed by atoms with Gasteiger partial charge in [0.05, 0.1) is 12.8 Å². The number of carbonyl (C=O) groups is 1. The minimum atomic E-state index is -0.000728. The fourth-order valence-corrected chi connectivity index (χ4v) is 3.82. The number of rotatable bonds is 4. The van der Waals surface area contributed by atoms with Crippen LogP contribution in [0.2, 0.25) is 0 Å². The fraction of sp³-hybridized carbons (Fsp3) is 0.286. The number of aromatic nitrogens is 2. The van der Waals surface area contributed by atoms with Crippen LogP contribution in [0.3, 0.4) is 0 Å². The molecule has 1 amide bonds. The largest absolute Gasteiger partial charge is 0.467 e. The Labute approximate surface area is 161 Å². The van der Waals surface area contributed by atoms with Crippen LogP contribution < -0.4 is 10.2 Å². The summed E-state index contributed by atoms with van der Waals surface area (Å²) in [5.74, 6) is 1.64. The van der Waals surface area contributed by atoms with Crippen LogP contribution in [0.25, 0.3) is 22.1 Å². The van der Waals surface area contributed by atoms with Gasteiger partial charge < -0.3 is 19.1 Å². The van der Waals surface area contributed by atoms with E-state index in [-0.39, 0.29) is 11.8 Å². The molecule has 0 bridgehead atoms. The summed E-state index contributed by atoms with van der Waals surface area (Å²) in [6.07, 6.45) is 4.74. The van der Waals surface area contributed by atoms with E-state index in [0.717, 1.165) is 54.0 Å². The summed E-state index contributed by atoms with van der Waals surface area (Å²) >= 11 is 0. The van der Waals surface area contributed by atoms with Crippen LogP contribution in [0.1, 0.15) is 18.6 Å². The van der Waals surface area contributed by atoms with Crippen molar-refractivity contribution in [2.24, 2.45) is 5.92 Å². The van der Waals surface area contributed by atoms with Crippen molar-refractivity contribution in [1.82, 2.24) is 15.3 Å². The summed E-state index contributed by atoms with van der Waals surface area (Å²) in [6, 6.07) is 11.6. The SMILES string of the molecule is O=C(NCc1ccco1)C1CCN(c2ncnc3c2oc2ccccc23)CC1. The Morgan fingerprint density at radius 3 is 2.82 bits per heavy atom. The third kappa shape index (κ3) is 2.98. The molecule has 4 aromatic rings. The molecule has 0 spiro atoms. The smallest absolute Gasteiger partial charge is 0.223 e. The van der Waals surface area contributed by atoms with Crippen molar-refractivity contribution in [2.75, 3.05) is 18.0 Å². The van der Waals surface area contributed by atoms with Gasteiger partial charge in [0.1, 0.15) is 23.2 Å². The number of hydrogen-bond donors (Lipinski definition) is 1. The Hall–Kier alpha value is -3.35. The summed E-state index contributed by atoms with van der Waals surface area (Å²) in [7, 11) is 0. The highest BCUT2D eigenvalue weighted by molar-refractivity contribution is 6.05. The monoisotopic (exact) mass is 376 g/mol. The number of carbonyl (C=O) groups excluding carboxylic acids is 1. The summed E-state index contributed by atoms with van der Waals surface area (Å²) < 4.78 is 11.3. The standard InChI is InChI=1S/C21H20N4O3/c26-21(22-12-15-4-3-11-27-15)14-7-9-25(10-8-14)20-19-18(23-13-24-20)16-5-1-2-6-17(16)28-19/h1-6,11,13-14H,7-10,12H2,(H,22,26). The van der Waals surface area contributed by atoms with E-state index >= 15 is 0 Å². The number of furan rings is 2. The van der Waals surface area contributed by atoms with Gasteiger partial charge in [-0.2, -0.15) is 0 Å². The van der Waals surface area contributed by atoms with E-state index < -0.39 is 0 Å². The Kier molecular flexibility index (Phi) is 4.20. The molecule has 1 aromatic carbocycles. The molecule has 1 aliphatic heterocycles. The topological polar surface area (TPSA) is 84.4 Å². The predicted molar refractivity (Wildman–Crippen MR) is 105 cm³/mol. The predicted octanol–water partition coefficient (Wildman–Crippen LogP) is 3.50. The van der Waals surface area contributed by atoms with Crippen molar-refractivity contribution in [3.63, 3.8) is 0 Å². The second-order valence-electron chi connectivity index (χ2n) is 7.03. The average molecular weight is 376 g/mol. The number of benzene rings is 1. The Bertz CT molecular complexity index is 1110. The van der Waals surface area contributed by atoms with Crippen LogP contribution in [0.15, 0.2) is 57.8 Å². The van der Waals surface area contributed by atoms with Gasteiger partial charge >= 0.3 is 0 Å². The van der Waals surface area contributed by atoms with Gasteiger partial charge in [-0.1, -0.05) is 12.1 Å². The molecular weight excluding hydrogens is 356 g/mol. The highest BCUT2D eigenvalue weighted by atomic mass is 16.3. The molecule has 142 valence electrons. The van der Waals surface area contributed by atoms with Crippen molar-refractivity contribution in [3.05, 3.63) is 54.7 Å². The summed E-state index contributed by atoms with van der Waals surface area (Å²) in [6.45, 7) is 1.93. The highest BCUT2D eigenvalue weighted by Gasteiger charge is 2.27. The normalized spacial score (nSPS) is 15.4. The molecule has 7 heteroatoms. The highest BCUT2D eigenvalue weighted by Crippen LogP contribution is 2.33. The number of nitrogens with zero attached hydrogens (tertiary/aromatic N) is 3. The lowest BCUT2D eigenvalue weighted by Gasteiger charge is -2.31. The lowest BCUT2D eigenvalue weighted by Crippen LogP contribution is -2.40. The minimum absolute atomic E-state index is 0.000728. The van der Waals surface area contributed by atoms with E-state index in [1.54, 1.807) is 12.6 Å². The van der Waals surface area contributed by atoms with Gasteiger partial charge in [-0.25, -0.2) is 9.97 Å². The van der Waals surface area contributed by atoms with Crippen LogP contribution >= 0.6 is 0 Å². The first-order chi connectivity index (χ1) is 13.8. The van der Waals surface area contributed by atoms with Crippen LogP contribution in [0, 0.1) is 5.92 Å². The third-order valence-electron chi connectivity index (χ3n) is 5.32. The molecule has 0 atom stereocenters. The maximum atomic E-state index is 12.5. The molecule has 1 saturated heterocycles. The summed E-state index contributed by atoms with van der Waals surface area (Å²) in [5.41, 5.74) is 2.36. The second kappa shape index (κ2) is 6.99. The Morgan fingerprint density at radius 1 is 1.14 bits per heavy atom. The minimum Gasteiger partial charge on any atom is -0.467 e. The lowest BCUT2D eigenvalue weighted by molar-refractivity contribution is -0.125. The number of nitrogens with one attached hydrogen (secondary N) is 1. The van der Waals surface area contributed by atoms with Crippen LogP contribution in [0.4, 0.5) is 5.82 Å². The fourth-order valence-electron chi connectivity index (χ4n) is 3.82. The average Bonchev–Trinajstić information content (AvgIpc) is 3.39. The molecule has 7 nitrogen and oxygen atoms in total. The van der Waals surface area contributed by atoms with Gasteiger partial charge in [0.2, 0.25) is 5.91 Å². The van der Waals surface area contributed by atoms with Gasteiger partial charge in [0.25, 0.3) is 0 Å². The van der Waals surface area contributed by atoms with Gasteiger partial charge in [-0.05, 0) is 37.1 Å². The zero-order valence-corrected chi connectivity index (χ0v) is 15.3. The molecule has 0 saturated carbocycles. The van der Waals surface area contributed by atoms with Gasteiger partial charge in [0.15, 0.2) is 11.4 Å². The first kappa shape index (κ1) is 16.8. The maximum absolute atomic E-state index is 12.5. The van der Waals surface area contributed by atoms with Crippen LogP contribution in [-0.4, -0.2) is 29.0 Å². The molecule has 0 unspecified atom stereocenters. The number of fused-ring (bicyclic) bond motifs is 3. The molecule has 28 heavy (non-hydrogen) atoms. The van der Waals surface area contributed by atoms with Crippen molar-refractivity contribution >= 4 is 33.8 Å². The zero-order chi connectivity index (χ0) is 18.9. The van der Waals surface area contributed by atoms with Crippen molar-refractivity contribution < 1.29 is 13.6 Å². The second-order valence-corrected chi connectivity index (χ2v) is 7.03. The molecule has 1 aliphatic rings. The van der Waals surface area contributed by atoms with Crippen LogP contribution in [0.5, 0.6) is 0 Å². The molecule has 4 heterocycles. The number of piperidine rings is 1. The van der Waals surface area contributed by atoms with E-state index in [1.165, 1.54) is 0 Å². The van der Waals surface area contributed by atoms with Gasteiger partial charge in [-0.3, -0.25) is 4.79 Å². The molecule has 0 radical (unpaired) electrons. The number of anilines is 1. The molecule has 1 fully saturated rings. The lowest BCUT2D eigenvalue weighted by atomic mass is 9.96. The summed E-state index contributed by atoms with van der Waals surface area (Å²) in [5, 5.41) is 3.96. The van der Waals surface area contributed by atoms with E-state index in [4.69, 9.17) is 8.83 Å². The van der Waals surface area contributed by atoms with Crippen molar-refractivity contribution in [2.45, 2.75) is 19.4 Å². The number of hydrogen-bond acceptors (Lipinski definition) is 6. The third-order valence-corrected chi connectivity index (χ3v) is 5.32. The van der Waals surface area contributed by atoms with E-state index in [2.05, 4.69) is 20.2 Å². The zero-order valence-electron chi connectivity index (χ0n) is 15.3. The number of para-hydroxylation sites is 1. The Morgan fingerprint density at radius 2 is 2.00 bits per heavy atom. The van der Waals surface area contributed by atoms with Crippen molar-refractivity contribution in [1.29, 1.82) is 0 Å². The maximum Gasteiger partial charge on any atom is 0.223 e. The molecule has 5 rings (SSSR count). The molecular formula is C21H20N4O3. The van der Waals surface area contributed by atoms with Crippen molar-refractivity contribution in [3.8, 4) is 0 Å². The number of amides is 1. The van der Waals surface area contributed by atoms with E-state index in [1.807, 2.05) is 36.4 Å². The van der Waals surface area contributed by atoms with E-state index in [9.17, 15) is 4.79 Å². The first-order valence-corrected chi connectivity index (χ1v) is 9.47. The molecule has 3 aromatic heterocycles. The quantitative estimate of drug-likeness (QED) is 0.587. The Balaban J connectivity index is 1.30. The van der Waals surface area contributed by atoms with Gasteiger partial charge in [-0.15, -0.1) is 0 Å². The van der Waals surface area contributed by atoms with E-state index in [0.29, 0.717) is 12.1 Å². The molecule has 1 N–H and O–H groups in total. The first-order valence-electron chi connectivity index (χ1n) is 9.47. The van der Waals surface area contributed by atoms with Crippen LogP contribution in [-0.2, 0) is 11.3 Å².